The molecule has 1 aromatic carbocycles. The Morgan fingerprint density at radius 3 is 2.65 bits per heavy atom. The summed E-state index contributed by atoms with van der Waals surface area (Å²) in [5.41, 5.74) is 1.32. The maximum absolute atomic E-state index is 13.8. The monoisotopic (exact) mass is 359 g/mol. The molecule has 2 aromatic rings. The number of aromatic nitrogens is 2. The van der Waals surface area contributed by atoms with Crippen molar-refractivity contribution in [2.24, 2.45) is 5.92 Å². The van der Waals surface area contributed by atoms with E-state index in [2.05, 4.69) is 9.97 Å². The van der Waals surface area contributed by atoms with Crippen LogP contribution in [0.25, 0.3) is 0 Å². The number of likely N-dealkylation sites (tertiary alicyclic amines) is 1. The summed E-state index contributed by atoms with van der Waals surface area (Å²) in [5, 5.41) is 0. The summed E-state index contributed by atoms with van der Waals surface area (Å²) in [6, 6.07) is 5.65. The summed E-state index contributed by atoms with van der Waals surface area (Å²) < 4.78 is 27.6. The molecule has 1 fully saturated rings. The van der Waals surface area contributed by atoms with Crippen LogP contribution in [-0.4, -0.2) is 33.9 Å². The van der Waals surface area contributed by atoms with Crippen LogP contribution in [0.3, 0.4) is 0 Å². The lowest BCUT2D eigenvalue weighted by Crippen LogP contribution is -2.40. The fourth-order valence-corrected chi connectivity index (χ4v) is 3.59. The number of hydrogen-bond donors (Lipinski definition) is 0. The molecule has 1 amide bonds. The number of hydrogen-bond acceptors (Lipinski definition) is 3. The minimum absolute atomic E-state index is 0.0969. The Morgan fingerprint density at radius 2 is 1.96 bits per heavy atom. The number of nitrogens with zero attached hydrogens (tertiary/aromatic N) is 3. The zero-order valence-electron chi connectivity index (χ0n) is 15.1. The van der Waals surface area contributed by atoms with E-state index in [1.807, 2.05) is 6.92 Å². The van der Waals surface area contributed by atoms with Crippen molar-refractivity contribution in [2.45, 2.75) is 39.5 Å². The van der Waals surface area contributed by atoms with Crippen LogP contribution in [0.1, 0.15) is 46.8 Å². The van der Waals surface area contributed by atoms with E-state index in [-0.39, 0.29) is 17.4 Å². The third-order valence-corrected chi connectivity index (χ3v) is 4.86. The second kappa shape index (κ2) is 7.89. The molecule has 0 N–H and O–H groups in total. The minimum Gasteiger partial charge on any atom is -0.337 e. The van der Waals surface area contributed by atoms with Crippen LogP contribution in [0, 0.1) is 31.4 Å². The van der Waals surface area contributed by atoms with Crippen LogP contribution in [-0.2, 0) is 6.42 Å². The molecule has 0 aliphatic carbocycles. The first-order valence-electron chi connectivity index (χ1n) is 8.98. The number of aryl methyl sites for hydroxylation is 2. The summed E-state index contributed by atoms with van der Waals surface area (Å²) in [6.45, 7) is 4.89. The highest BCUT2D eigenvalue weighted by Gasteiger charge is 2.26. The predicted molar refractivity (Wildman–Crippen MR) is 94.8 cm³/mol. The molecule has 1 aromatic heterocycles. The highest BCUT2D eigenvalue weighted by molar-refractivity contribution is 5.92. The molecule has 6 heteroatoms. The SMILES string of the molecule is Cc1cc(C(=O)N2CCCC(CCc3c(F)cccc3F)C2)nc(C)n1. The Balaban J connectivity index is 1.64. The van der Waals surface area contributed by atoms with Crippen molar-refractivity contribution in [3.05, 3.63) is 58.7 Å². The standard InChI is InChI=1S/C20H23F2N3O/c1-13-11-19(24-14(2)23-13)20(26)25-10-4-5-15(12-25)8-9-16-17(21)6-3-7-18(16)22/h3,6-7,11,15H,4-5,8-10,12H2,1-2H3. The molecule has 138 valence electrons. The Kier molecular flexibility index (Phi) is 5.59. The Bertz CT molecular complexity index is 769. The summed E-state index contributed by atoms with van der Waals surface area (Å²) in [4.78, 5) is 23.0. The van der Waals surface area contributed by atoms with Gasteiger partial charge in [-0.25, -0.2) is 18.7 Å². The Labute approximate surface area is 152 Å². The van der Waals surface area contributed by atoms with E-state index in [9.17, 15) is 13.6 Å². The molecule has 1 aliphatic heterocycles. The van der Waals surface area contributed by atoms with E-state index in [1.165, 1.54) is 18.2 Å². The number of benzene rings is 1. The van der Waals surface area contributed by atoms with Crippen LogP contribution in [0.2, 0.25) is 0 Å². The van der Waals surface area contributed by atoms with Gasteiger partial charge in [-0.05, 0) is 63.6 Å². The molecular weight excluding hydrogens is 336 g/mol. The van der Waals surface area contributed by atoms with Crippen LogP contribution in [0.15, 0.2) is 24.3 Å². The first kappa shape index (κ1) is 18.4. The molecule has 3 rings (SSSR count). The fraction of sp³-hybridized carbons (Fsp3) is 0.450. The second-order valence-electron chi connectivity index (χ2n) is 6.94. The molecule has 1 unspecified atom stereocenters. The smallest absolute Gasteiger partial charge is 0.272 e. The molecule has 1 aliphatic rings. The minimum atomic E-state index is -0.499. The van der Waals surface area contributed by atoms with Gasteiger partial charge in [-0.3, -0.25) is 4.79 Å². The van der Waals surface area contributed by atoms with E-state index < -0.39 is 11.6 Å². The van der Waals surface area contributed by atoms with Crippen LogP contribution < -0.4 is 0 Å². The van der Waals surface area contributed by atoms with Crippen LogP contribution >= 0.6 is 0 Å². The predicted octanol–water partition coefficient (Wildman–Crippen LogP) is 3.86. The first-order valence-corrected chi connectivity index (χ1v) is 8.98. The van der Waals surface area contributed by atoms with E-state index in [4.69, 9.17) is 0 Å². The summed E-state index contributed by atoms with van der Waals surface area (Å²) in [5.74, 6) is -0.283. The lowest BCUT2D eigenvalue weighted by atomic mass is 9.91. The maximum atomic E-state index is 13.8. The number of piperidine rings is 1. The molecule has 26 heavy (non-hydrogen) atoms. The van der Waals surface area contributed by atoms with Crippen molar-refractivity contribution in [2.75, 3.05) is 13.1 Å². The van der Waals surface area contributed by atoms with Gasteiger partial charge >= 0.3 is 0 Å². The van der Waals surface area contributed by atoms with E-state index in [0.717, 1.165) is 18.5 Å². The van der Waals surface area contributed by atoms with E-state index in [1.54, 1.807) is 17.9 Å². The highest BCUT2D eigenvalue weighted by Crippen LogP contribution is 2.24. The molecular formula is C20H23F2N3O. The van der Waals surface area contributed by atoms with Gasteiger partial charge in [-0.1, -0.05) is 6.07 Å². The molecule has 1 saturated heterocycles. The number of amides is 1. The zero-order chi connectivity index (χ0) is 18.7. The lowest BCUT2D eigenvalue weighted by Gasteiger charge is -2.32. The number of carbonyl (C=O) groups excluding carboxylic acids is 1. The quantitative estimate of drug-likeness (QED) is 0.833. The van der Waals surface area contributed by atoms with Crippen LogP contribution in [0.5, 0.6) is 0 Å². The number of rotatable bonds is 4. The van der Waals surface area contributed by atoms with Gasteiger partial charge in [0.15, 0.2) is 0 Å². The first-order chi connectivity index (χ1) is 12.4. The summed E-state index contributed by atoms with van der Waals surface area (Å²) in [6.07, 6.45) is 2.85. The third-order valence-electron chi connectivity index (χ3n) is 4.86. The van der Waals surface area contributed by atoms with E-state index in [0.29, 0.717) is 37.4 Å². The van der Waals surface area contributed by atoms with E-state index >= 15 is 0 Å². The van der Waals surface area contributed by atoms with Crippen molar-refractivity contribution in [3.8, 4) is 0 Å². The molecule has 0 radical (unpaired) electrons. The summed E-state index contributed by atoms with van der Waals surface area (Å²) >= 11 is 0. The molecule has 0 spiro atoms. The van der Waals surface area contributed by atoms with Gasteiger partial charge < -0.3 is 4.90 Å². The van der Waals surface area contributed by atoms with Gasteiger partial charge in [0.2, 0.25) is 0 Å². The van der Waals surface area contributed by atoms with Crippen LogP contribution in [0.4, 0.5) is 8.78 Å². The molecule has 2 heterocycles. The highest BCUT2D eigenvalue weighted by atomic mass is 19.1. The molecule has 4 nitrogen and oxygen atoms in total. The topological polar surface area (TPSA) is 46.1 Å². The Hall–Kier alpha value is -2.37. The average Bonchev–Trinajstić information content (AvgIpc) is 2.60. The van der Waals surface area contributed by atoms with Crippen molar-refractivity contribution in [1.29, 1.82) is 0 Å². The fourth-order valence-electron chi connectivity index (χ4n) is 3.59. The lowest BCUT2D eigenvalue weighted by molar-refractivity contribution is 0.0661. The van der Waals surface area contributed by atoms with Gasteiger partial charge in [-0.15, -0.1) is 0 Å². The molecule has 0 saturated carbocycles. The molecule has 1 atom stereocenters. The van der Waals surface area contributed by atoms with Crippen molar-refractivity contribution < 1.29 is 13.6 Å². The van der Waals surface area contributed by atoms with Gasteiger partial charge in [0.25, 0.3) is 5.91 Å². The van der Waals surface area contributed by atoms with Crippen molar-refractivity contribution in [1.82, 2.24) is 14.9 Å². The normalized spacial score (nSPS) is 17.4. The van der Waals surface area contributed by atoms with Gasteiger partial charge in [0.1, 0.15) is 23.2 Å². The zero-order valence-corrected chi connectivity index (χ0v) is 15.1. The van der Waals surface area contributed by atoms with Gasteiger partial charge in [0, 0.05) is 24.3 Å². The second-order valence-corrected chi connectivity index (χ2v) is 6.94. The maximum Gasteiger partial charge on any atom is 0.272 e. The third kappa shape index (κ3) is 4.23. The number of carbonyl (C=O) groups is 1. The molecule has 0 bridgehead atoms. The van der Waals surface area contributed by atoms with Gasteiger partial charge in [-0.2, -0.15) is 0 Å². The average molecular weight is 359 g/mol. The Morgan fingerprint density at radius 1 is 1.23 bits per heavy atom. The largest absolute Gasteiger partial charge is 0.337 e. The summed E-state index contributed by atoms with van der Waals surface area (Å²) in [7, 11) is 0. The number of halogens is 2. The van der Waals surface area contributed by atoms with Crippen molar-refractivity contribution >= 4 is 5.91 Å². The van der Waals surface area contributed by atoms with Crippen molar-refractivity contribution in [3.63, 3.8) is 0 Å². The van der Waals surface area contributed by atoms with Gasteiger partial charge in [0.05, 0.1) is 0 Å².